The molecule has 1 aromatic carbocycles. The summed E-state index contributed by atoms with van der Waals surface area (Å²) < 4.78 is 7.76. The number of ether oxygens (including phenoxy) is 1. The van der Waals surface area contributed by atoms with Gasteiger partial charge >= 0.3 is 0 Å². The van der Waals surface area contributed by atoms with Crippen LogP contribution in [0.2, 0.25) is 0 Å². The van der Waals surface area contributed by atoms with E-state index in [0.29, 0.717) is 0 Å². The van der Waals surface area contributed by atoms with Gasteiger partial charge in [-0.3, -0.25) is 14.6 Å². The van der Waals surface area contributed by atoms with E-state index in [9.17, 15) is 0 Å². The largest absolute Gasteiger partial charge is 0.492 e. The van der Waals surface area contributed by atoms with Crippen LogP contribution < -0.4 is 10.1 Å². The molecule has 7 nitrogen and oxygen atoms in total. The third kappa shape index (κ3) is 6.97. The first-order valence-corrected chi connectivity index (χ1v) is 9.59. The molecular weight excluding hydrogens is 467 g/mol. The third-order valence-corrected chi connectivity index (χ3v) is 4.69. The van der Waals surface area contributed by atoms with Crippen molar-refractivity contribution in [1.29, 1.82) is 0 Å². The highest BCUT2D eigenvalue weighted by atomic mass is 127. The van der Waals surface area contributed by atoms with Crippen molar-refractivity contribution in [3.8, 4) is 5.75 Å². The Bertz CT molecular complexity index is 712. The summed E-state index contributed by atoms with van der Waals surface area (Å²) in [5, 5.41) is 7.76. The molecule has 2 heterocycles. The first-order valence-electron chi connectivity index (χ1n) is 9.59. The Morgan fingerprint density at radius 3 is 2.54 bits per heavy atom. The summed E-state index contributed by atoms with van der Waals surface area (Å²) in [5.41, 5.74) is 1.19. The number of para-hydroxylation sites is 1. The highest BCUT2D eigenvalue weighted by Gasteiger charge is 2.19. The molecule has 2 aromatic rings. The number of rotatable bonds is 7. The van der Waals surface area contributed by atoms with Gasteiger partial charge in [-0.05, 0) is 24.6 Å². The second-order valence-corrected chi connectivity index (χ2v) is 6.74. The van der Waals surface area contributed by atoms with Crippen molar-refractivity contribution in [3.63, 3.8) is 0 Å². The van der Waals surface area contributed by atoms with Gasteiger partial charge in [-0.15, -0.1) is 24.0 Å². The second kappa shape index (κ2) is 11.9. The quantitative estimate of drug-likeness (QED) is 0.360. The van der Waals surface area contributed by atoms with Crippen LogP contribution in [0.25, 0.3) is 0 Å². The van der Waals surface area contributed by atoms with Crippen LogP contribution in [0, 0.1) is 6.92 Å². The number of nitrogens with one attached hydrogen (secondary N) is 1. The van der Waals surface area contributed by atoms with Crippen molar-refractivity contribution < 1.29 is 4.74 Å². The first kappa shape index (κ1) is 22.5. The van der Waals surface area contributed by atoms with Gasteiger partial charge in [0, 0.05) is 52.5 Å². The molecule has 1 N–H and O–H groups in total. The van der Waals surface area contributed by atoms with Gasteiger partial charge in [0.2, 0.25) is 0 Å². The zero-order chi connectivity index (χ0) is 18.9. The number of aliphatic imine (C=N–C) groups is 1. The van der Waals surface area contributed by atoms with Gasteiger partial charge in [0.25, 0.3) is 0 Å². The van der Waals surface area contributed by atoms with Gasteiger partial charge in [-0.1, -0.05) is 18.2 Å². The average Bonchev–Trinajstić information content (AvgIpc) is 3.12. The van der Waals surface area contributed by atoms with Gasteiger partial charge in [0.15, 0.2) is 5.96 Å². The van der Waals surface area contributed by atoms with E-state index < -0.39 is 0 Å². The Kier molecular flexibility index (Phi) is 9.56. The number of benzene rings is 1. The maximum atomic E-state index is 5.80. The highest BCUT2D eigenvalue weighted by molar-refractivity contribution is 14.0. The van der Waals surface area contributed by atoms with Gasteiger partial charge in [-0.2, -0.15) is 5.10 Å². The molecule has 154 valence electrons. The van der Waals surface area contributed by atoms with Crippen molar-refractivity contribution in [2.45, 2.75) is 13.5 Å². The molecule has 3 rings (SSSR count). The summed E-state index contributed by atoms with van der Waals surface area (Å²) in [6.45, 7) is 9.39. The van der Waals surface area contributed by atoms with E-state index in [2.05, 4.69) is 38.3 Å². The van der Waals surface area contributed by atoms with E-state index in [0.717, 1.165) is 64.1 Å². The Labute approximate surface area is 184 Å². The van der Waals surface area contributed by atoms with Gasteiger partial charge in [0.1, 0.15) is 12.4 Å². The monoisotopic (exact) mass is 498 g/mol. The average molecular weight is 498 g/mol. The van der Waals surface area contributed by atoms with Crippen LogP contribution in [0.3, 0.4) is 0 Å². The number of piperazine rings is 1. The summed E-state index contributed by atoms with van der Waals surface area (Å²) in [6.07, 6.45) is 3.94. The molecule has 0 bridgehead atoms. The molecular formula is C20H31IN6O. The van der Waals surface area contributed by atoms with Crippen LogP contribution in [0.4, 0.5) is 0 Å². The Morgan fingerprint density at radius 2 is 1.89 bits per heavy atom. The summed E-state index contributed by atoms with van der Waals surface area (Å²) in [7, 11) is 1.85. The molecule has 1 fully saturated rings. The molecule has 1 aliphatic rings. The molecule has 0 unspecified atom stereocenters. The fraction of sp³-hybridized carbons (Fsp3) is 0.500. The maximum absolute atomic E-state index is 5.80. The molecule has 0 spiro atoms. The molecule has 1 saturated heterocycles. The van der Waals surface area contributed by atoms with Gasteiger partial charge in [-0.25, -0.2) is 0 Å². The number of halogens is 1. The SMILES string of the molecule is CN=C(NCCn1cc(C)cn1)N1CCN(CCOc2ccccc2)CC1.I. The summed E-state index contributed by atoms with van der Waals surface area (Å²) >= 11 is 0. The lowest BCUT2D eigenvalue weighted by atomic mass is 10.3. The molecule has 1 aliphatic heterocycles. The van der Waals surface area contributed by atoms with Crippen LogP contribution in [0.5, 0.6) is 5.75 Å². The first-order chi connectivity index (χ1) is 13.2. The smallest absolute Gasteiger partial charge is 0.193 e. The molecule has 0 saturated carbocycles. The molecule has 0 radical (unpaired) electrons. The van der Waals surface area contributed by atoms with E-state index in [1.165, 1.54) is 5.56 Å². The van der Waals surface area contributed by atoms with Crippen molar-refractivity contribution in [3.05, 3.63) is 48.3 Å². The number of hydrogen-bond acceptors (Lipinski definition) is 4. The lowest BCUT2D eigenvalue weighted by Crippen LogP contribution is -2.53. The second-order valence-electron chi connectivity index (χ2n) is 6.74. The maximum Gasteiger partial charge on any atom is 0.193 e. The number of hydrogen-bond donors (Lipinski definition) is 1. The van der Waals surface area contributed by atoms with Crippen LogP contribution >= 0.6 is 24.0 Å². The van der Waals surface area contributed by atoms with Crippen molar-refractivity contribution in [2.24, 2.45) is 4.99 Å². The van der Waals surface area contributed by atoms with Crippen molar-refractivity contribution in [1.82, 2.24) is 24.9 Å². The number of nitrogens with zero attached hydrogens (tertiary/aromatic N) is 5. The Morgan fingerprint density at radius 1 is 1.14 bits per heavy atom. The minimum absolute atomic E-state index is 0. The minimum atomic E-state index is 0. The predicted octanol–water partition coefficient (Wildman–Crippen LogP) is 2.08. The lowest BCUT2D eigenvalue weighted by molar-refractivity contribution is 0.152. The van der Waals surface area contributed by atoms with Crippen LogP contribution in [-0.2, 0) is 6.54 Å². The van der Waals surface area contributed by atoms with E-state index in [4.69, 9.17) is 4.74 Å². The molecule has 0 atom stereocenters. The minimum Gasteiger partial charge on any atom is -0.492 e. The number of aromatic nitrogens is 2. The van der Waals surface area contributed by atoms with Gasteiger partial charge < -0.3 is 15.0 Å². The van der Waals surface area contributed by atoms with E-state index in [1.807, 2.05) is 48.3 Å². The normalized spacial score (nSPS) is 15.2. The van der Waals surface area contributed by atoms with E-state index in [1.54, 1.807) is 0 Å². The molecule has 0 amide bonds. The van der Waals surface area contributed by atoms with Gasteiger partial charge in [0.05, 0.1) is 12.7 Å². The summed E-state index contributed by atoms with van der Waals surface area (Å²) in [6, 6.07) is 10.00. The Hall–Kier alpha value is -1.81. The number of aryl methyl sites for hydroxylation is 1. The third-order valence-electron chi connectivity index (χ3n) is 4.69. The zero-order valence-electron chi connectivity index (χ0n) is 16.8. The van der Waals surface area contributed by atoms with E-state index >= 15 is 0 Å². The summed E-state index contributed by atoms with van der Waals surface area (Å²) in [4.78, 5) is 9.20. The highest BCUT2D eigenvalue weighted by Crippen LogP contribution is 2.08. The van der Waals surface area contributed by atoms with Crippen LogP contribution in [-0.4, -0.2) is 78.5 Å². The molecule has 28 heavy (non-hydrogen) atoms. The molecule has 8 heteroatoms. The fourth-order valence-electron chi connectivity index (χ4n) is 3.20. The Balaban J connectivity index is 0.00000280. The van der Waals surface area contributed by atoms with E-state index in [-0.39, 0.29) is 24.0 Å². The molecule has 1 aromatic heterocycles. The zero-order valence-corrected chi connectivity index (χ0v) is 19.1. The fourth-order valence-corrected chi connectivity index (χ4v) is 3.20. The van der Waals surface area contributed by atoms with Crippen molar-refractivity contribution in [2.75, 3.05) is 52.9 Å². The molecule has 0 aliphatic carbocycles. The lowest BCUT2D eigenvalue weighted by Gasteiger charge is -2.36. The van der Waals surface area contributed by atoms with Crippen molar-refractivity contribution >= 4 is 29.9 Å². The number of guanidine groups is 1. The topological polar surface area (TPSA) is 57.9 Å². The van der Waals surface area contributed by atoms with Crippen LogP contribution in [0.15, 0.2) is 47.7 Å². The van der Waals surface area contributed by atoms with Crippen LogP contribution in [0.1, 0.15) is 5.56 Å². The standard InChI is InChI=1S/C20H30N6O.HI/c1-18-16-23-26(17-18)9-8-22-20(21-2)25-12-10-24(11-13-25)14-15-27-19-6-4-3-5-7-19;/h3-7,16-17H,8-15H2,1-2H3,(H,21,22);1H. The predicted molar refractivity (Wildman–Crippen MR) is 124 cm³/mol. The summed E-state index contributed by atoms with van der Waals surface area (Å²) in [5.74, 6) is 1.91.